The van der Waals surface area contributed by atoms with Gasteiger partial charge in [-0.2, -0.15) is 0 Å². The second kappa shape index (κ2) is 8.50. The summed E-state index contributed by atoms with van der Waals surface area (Å²) in [6.07, 6.45) is 7.68. The number of phenols is 1. The van der Waals surface area contributed by atoms with Crippen LogP contribution in [0.25, 0.3) is 11.3 Å². The van der Waals surface area contributed by atoms with Gasteiger partial charge in [-0.05, 0) is 55.0 Å². The molecular weight excluding hydrogens is 386 g/mol. The van der Waals surface area contributed by atoms with Crippen LogP contribution in [0.4, 0.5) is 5.82 Å². The molecule has 0 bridgehead atoms. The highest BCUT2D eigenvalue weighted by molar-refractivity contribution is 5.92. The monoisotopic (exact) mass is 413 g/mol. The van der Waals surface area contributed by atoms with Gasteiger partial charge < -0.3 is 10.4 Å². The van der Waals surface area contributed by atoms with Crippen LogP contribution in [0.1, 0.15) is 60.5 Å². The summed E-state index contributed by atoms with van der Waals surface area (Å²) < 4.78 is 0. The van der Waals surface area contributed by atoms with Crippen molar-refractivity contribution in [2.24, 2.45) is 0 Å². The lowest BCUT2D eigenvalue weighted by Gasteiger charge is -2.26. The summed E-state index contributed by atoms with van der Waals surface area (Å²) in [5.41, 5.74) is 5.89. The molecule has 1 amide bonds. The zero-order chi connectivity index (χ0) is 21.2. The van der Waals surface area contributed by atoms with Crippen LogP contribution in [0.2, 0.25) is 0 Å². The third kappa shape index (κ3) is 4.18. The molecule has 0 saturated heterocycles. The molecule has 1 heterocycles. The van der Waals surface area contributed by atoms with Gasteiger partial charge in [-0.3, -0.25) is 4.79 Å². The van der Waals surface area contributed by atoms with Gasteiger partial charge in [0.2, 0.25) is 5.91 Å². The Morgan fingerprint density at radius 2 is 1.81 bits per heavy atom. The van der Waals surface area contributed by atoms with Crippen LogP contribution in [0, 0.1) is 0 Å². The third-order valence-corrected chi connectivity index (χ3v) is 6.43. The molecule has 5 rings (SSSR count). The molecule has 5 heteroatoms. The molecule has 31 heavy (non-hydrogen) atoms. The lowest BCUT2D eigenvalue weighted by molar-refractivity contribution is -0.115. The summed E-state index contributed by atoms with van der Waals surface area (Å²) in [5, 5.41) is 13.0. The molecular formula is C26H27N3O2. The Balaban J connectivity index is 1.51. The second-order valence-electron chi connectivity index (χ2n) is 8.64. The first kappa shape index (κ1) is 19.7. The molecule has 2 N–H and O–H groups in total. The predicted molar refractivity (Wildman–Crippen MR) is 121 cm³/mol. The van der Waals surface area contributed by atoms with Crippen LogP contribution < -0.4 is 5.32 Å². The van der Waals surface area contributed by atoms with Gasteiger partial charge in [0.25, 0.3) is 0 Å². The minimum Gasteiger partial charge on any atom is -0.508 e. The van der Waals surface area contributed by atoms with Gasteiger partial charge >= 0.3 is 0 Å². The van der Waals surface area contributed by atoms with Crippen molar-refractivity contribution in [3.63, 3.8) is 0 Å². The Hall–Kier alpha value is -3.21. The molecule has 0 atom stereocenters. The number of benzene rings is 2. The van der Waals surface area contributed by atoms with Crippen molar-refractivity contribution in [1.29, 1.82) is 0 Å². The highest BCUT2D eigenvalue weighted by Gasteiger charge is 2.27. The van der Waals surface area contributed by atoms with Gasteiger partial charge in [-0.1, -0.05) is 49.6 Å². The number of carbonyl (C=O) groups excluding carboxylic acids is 1. The van der Waals surface area contributed by atoms with E-state index in [2.05, 4.69) is 5.32 Å². The Bertz CT molecular complexity index is 1110. The van der Waals surface area contributed by atoms with Crippen LogP contribution in [-0.4, -0.2) is 21.0 Å². The van der Waals surface area contributed by atoms with Gasteiger partial charge in [-0.25, -0.2) is 9.97 Å². The summed E-state index contributed by atoms with van der Waals surface area (Å²) in [5.74, 6) is 1.18. The average Bonchev–Trinajstić information content (AvgIpc) is 2.79. The topological polar surface area (TPSA) is 75.1 Å². The van der Waals surface area contributed by atoms with Gasteiger partial charge in [0.1, 0.15) is 5.75 Å². The van der Waals surface area contributed by atoms with Crippen LogP contribution >= 0.6 is 0 Å². The largest absolute Gasteiger partial charge is 0.508 e. The van der Waals surface area contributed by atoms with E-state index >= 15 is 0 Å². The average molecular weight is 414 g/mol. The minimum absolute atomic E-state index is 0.0568. The Kier molecular flexibility index (Phi) is 5.41. The predicted octanol–water partition coefficient (Wildman–Crippen LogP) is 5.18. The van der Waals surface area contributed by atoms with Crippen LogP contribution in [-0.2, 0) is 24.1 Å². The molecule has 3 aromatic rings. The highest BCUT2D eigenvalue weighted by atomic mass is 16.3. The first-order valence-corrected chi connectivity index (χ1v) is 11.2. The number of hydrogen-bond donors (Lipinski definition) is 2. The van der Waals surface area contributed by atoms with Crippen LogP contribution in [0.5, 0.6) is 5.75 Å². The molecule has 2 aliphatic rings. The normalized spacial score (nSPS) is 15.7. The maximum absolute atomic E-state index is 12.8. The maximum atomic E-state index is 12.8. The van der Waals surface area contributed by atoms with E-state index < -0.39 is 0 Å². The number of fused-ring (bicyclic) bond motifs is 3. The number of nitrogens with zero attached hydrogens (tertiary/aromatic N) is 2. The van der Waals surface area contributed by atoms with Gasteiger partial charge in [-0.15, -0.1) is 0 Å². The van der Waals surface area contributed by atoms with E-state index in [1.165, 1.54) is 19.3 Å². The number of aryl methyl sites for hydroxylation is 2. The Morgan fingerprint density at radius 1 is 1.00 bits per heavy atom. The summed E-state index contributed by atoms with van der Waals surface area (Å²) in [7, 11) is 0. The number of carbonyl (C=O) groups is 1. The van der Waals surface area contributed by atoms with Gasteiger partial charge in [0.15, 0.2) is 5.82 Å². The lowest BCUT2D eigenvalue weighted by Crippen LogP contribution is -2.21. The van der Waals surface area contributed by atoms with Crippen molar-refractivity contribution in [2.75, 3.05) is 5.32 Å². The van der Waals surface area contributed by atoms with E-state index in [4.69, 9.17) is 9.97 Å². The van der Waals surface area contributed by atoms with E-state index in [1.54, 1.807) is 6.07 Å². The van der Waals surface area contributed by atoms with Crippen molar-refractivity contribution < 1.29 is 9.90 Å². The number of aromatic hydroxyl groups is 1. The molecule has 158 valence electrons. The summed E-state index contributed by atoms with van der Waals surface area (Å²) in [6, 6.07) is 15.3. The number of amides is 1. The summed E-state index contributed by atoms with van der Waals surface area (Å²) in [6.45, 7) is 0. The van der Waals surface area contributed by atoms with Gasteiger partial charge in [0, 0.05) is 11.5 Å². The van der Waals surface area contributed by atoms with Crippen molar-refractivity contribution >= 4 is 11.7 Å². The molecule has 2 aromatic carbocycles. The lowest BCUT2D eigenvalue weighted by atomic mass is 9.85. The van der Waals surface area contributed by atoms with E-state index in [-0.39, 0.29) is 11.7 Å². The van der Waals surface area contributed by atoms with Crippen molar-refractivity contribution in [3.05, 3.63) is 71.0 Å². The number of nitrogens with one attached hydrogen (secondary N) is 1. The molecule has 2 aliphatic carbocycles. The third-order valence-electron chi connectivity index (χ3n) is 6.43. The molecule has 0 unspecified atom stereocenters. The SMILES string of the molecule is O=C(Cc1ccccc1)Nc1nc2c(nc1C1CCCCC1)-c1ccc(O)cc1CC2. The minimum atomic E-state index is -0.0568. The molecule has 0 spiro atoms. The highest BCUT2D eigenvalue weighted by Crippen LogP contribution is 2.39. The van der Waals surface area contributed by atoms with Crippen LogP contribution in [0.3, 0.4) is 0 Å². The fourth-order valence-electron chi connectivity index (χ4n) is 4.85. The zero-order valence-corrected chi connectivity index (χ0v) is 17.6. The van der Waals surface area contributed by atoms with E-state index in [9.17, 15) is 9.90 Å². The zero-order valence-electron chi connectivity index (χ0n) is 17.6. The van der Waals surface area contributed by atoms with Crippen molar-refractivity contribution in [1.82, 2.24) is 9.97 Å². The Morgan fingerprint density at radius 3 is 2.61 bits per heavy atom. The van der Waals surface area contributed by atoms with E-state index in [1.807, 2.05) is 42.5 Å². The first-order valence-electron chi connectivity index (χ1n) is 11.2. The number of anilines is 1. The molecule has 1 saturated carbocycles. The standard InChI is InChI=1S/C26H27N3O2/c30-20-12-13-21-19(16-20)11-14-22-25(21)29-24(18-9-5-2-6-10-18)26(27-22)28-23(31)15-17-7-3-1-4-8-17/h1,3-4,7-8,12-13,16,18,30H,2,5-6,9-11,14-15H2,(H,27,28,31). The number of hydrogen-bond acceptors (Lipinski definition) is 4. The second-order valence-corrected chi connectivity index (χ2v) is 8.64. The number of phenolic OH excluding ortho intramolecular Hbond substituents is 1. The van der Waals surface area contributed by atoms with Crippen molar-refractivity contribution in [3.8, 4) is 17.0 Å². The number of rotatable bonds is 4. The smallest absolute Gasteiger partial charge is 0.229 e. The Labute approximate surface area is 182 Å². The number of aromatic nitrogens is 2. The molecule has 1 fully saturated rings. The molecule has 0 radical (unpaired) electrons. The fourth-order valence-corrected chi connectivity index (χ4v) is 4.85. The van der Waals surface area contributed by atoms with Crippen molar-refractivity contribution in [2.45, 2.75) is 57.3 Å². The fraction of sp³-hybridized carbons (Fsp3) is 0.346. The molecule has 5 nitrogen and oxygen atoms in total. The molecule has 0 aliphatic heterocycles. The molecule has 1 aromatic heterocycles. The van der Waals surface area contributed by atoms with E-state index in [0.29, 0.717) is 18.2 Å². The first-order chi connectivity index (χ1) is 15.2. The summed E-state index contributed by atoms with van der Waals surface area (Å²) >= 11 is 0. The van der Waals surface area contributed by atoms with Gasteiger partial charge in [0.05, 0.1) is 23.5 Å². The van der Waals surface area contributed by atoms with Crippen LogP contribution in [0.15, 0.2) is 48.5 Å². The van der Waals surface area contributed by atoms with E-state index in [0.717, 1.165) is 59.5 Å². The summed E-state index contributed by atoms with van der Waals surface area (Å²) in [4.78, 5) is 22.9. The maximum Gasteiger partial charge on any atom is 0.229 e. The quantitative estimate of drug-likeness (QED) is 0.618.